The average molecular weight is 333 g/mol. The number of amides is 1. The zero-order valence-electron chi connectivity index (χ0n) is 13.0. The Balaban J connectivity index is 2.00. The number of hydrogen-bond donors (Lipinski definition) is 3. The van der Waals surface area contributed by atoms with Crippen LogP contribution in [0.5, 0.6) is 5.75 Å². The van der Waals surface area contributed by atoms with Crippen molar-refractivity contribution in [2.75, 3.05) is 19.0 Å². The van der Waals surface area contributed by atoms with E-state index in [0.717, 1.165) is 11.6 Å². The van der Waals surface area contributed by atoms with Crippen molar-refractivity contribution in [1.82, 2.24) is 9.97 Å². The number of aromatic nitrogens is 2. The first-order valence-corrected chi connectivity index (χ1v) is 6.84. The van der Waals surface area contributed by atoms with E-state index in [2.05, 4.69) is 10.3 Å². The Morgan fingerprint density at radius 2 is 1.92 bits per heavy atom. The van der Waals surface area contributed by atoms with Gasteiger partial charge in [0.05, 0.1) is 12.8 Å². The molecule has 2 aromatic rings. The molecular formula is C15H15N3O6. The standard InChI is InChI=1S/C15H15N3O6/c1-8-3-4-11(23-2)9(5-8)16-13(20)7-24-14(21)10-6-12(19)18-15(22)17-10/h3-6H,7H2,1-2H3,(H,16,20)(H2,17,18,19,22). The number of benzene rings is 1. The van der Waals surface area contributed by atoms with E-state index in [1.54, 1.807) is 12.1 Å². The highest BCUT2D eigenvalue weighted by molar-refractivity contribution is 5.95. The number of methoxy groups -OCH3 is 1. The van der Waals surface area contributed by atoms with Crippen LogP contribution in [0.25, 0.3) is 0 Å². The molecule has 0 aliphatic rings. The Bertz CT molecular complexity index is 855. The van der Waals surface area contributed by atoms with Crippen LogP contribution < -0.4 is 21.3 Å². The third-order valence-electron chi connectivity index (χ3n) is 2.94. The fourth-order valence-corrected chi connectivity index (χ4v) is 1.89. The first-order chi connectivity index (χ1) is 11.4. The highest BCUT2D eigenvalue weighted by Gasteiger charge is 2.13. The molecule has 24 heavy (non-hydrogen) atoms. The molecule has 0 fully saturated rings. The van der Waals surface area contributed by atoms with Crippen LogP contribution in [0.15, 0.2) is 33.9 Å². The highest BCUT2D eigenvalue weighted by atomic mass is 16.5. The summed E-state index contributed by atoms with van der Waals surface area (Å²) in [6, 6.07) is 6.08. The zero-order valence-corrected chi connectivity index (χ0v) is 13.0. The molecule has 1 amide bonds. The molecule has 0 unspecified atom stereocenters. The van der Waals surface area contributed by atoms with Crippen LogP contribution in [-0.2, 0) is 9.53 Å². The number of aromatic amines is 2. The Kier molecular flexibility index (Phi) is 5.15. The lowest BCUT2D eigenvalue weighted by molar-refractivity contribution is -0.119. The van der Waals surface area contributed by atoms with Crippen LogP contribution >= 0.6 is 0 Å². The van der Waals surface area contributed by atoms with Gasteiger partial charge in [0.25, 0.3) is 11.5 Å². The van der Waals surface area contributed by atoms with Crippen molar-refractivity contribution in [3.63, 3.8) is 0 Å². The Morgan fingerprint density at radius 1 is 1.17 bits per heavy atom. The lowest BCUT2D eigenvalue weighted by atomic mass is 10.2. The van der Waals surface area contributed by atoms with Crippen molar-refractivity contribution in [3.05, 3.63) is 56.4 Å². The molecule has 0 saturated heterocycles. The lowest BCUT2D eigenvalue weighted by Gasteiger charge is -2.11. The Morgan fingerprint density at radius 3 is 2.58 bits per heavy atom. The SMILES string of the molecule is COc1ccc(C)cc1NC(=O)COC(=O)c1cc(=O)[nH]c(=O)[nH]1. The minimum atomic E-state index is -0.996. The van der Waals surface area contributed by atoms with E-state index in [4.69, 9.17) is 9.47 Å². The van der Waals surface area contributed by atoms with Gasteiger partial charge in [-0.1, -0.05) is 6.07 Å². The predicted molar refractivity (Wildman–Crippen MR) is 84.3 cm³/mol. The quantitative estimate of drug-likeness (QED) is 0.669. The lowest BCUT2D eigenvalue weighted by Crippen LogP contribution is -2.27. The summed E-state index contributed by atoms with van der Waals surface area (Å²) < 4.78 is 9.88. The number of carbonyl (C=O) groups excluding carboxylic acids is 2. The van der Waals surface area contributed by atoms with E-state index in [1.165, 1.54) is 7.11 Å². The number of aryl methyl sites for hydroxylation is 1. The first kappa shape index (κ1) is 17.0. The normalized spacial score (nSPS) is 10.1. The van der Waals surface area contributed by atoms with Crippen molar-refractivity contribution in [1.29, 1.82) is 0 Å². The van der Waals surface area contributed by atoms with E-state index < -0.39 is 29.7 Å². The van der Waals surface area contributed by atoms with Crippen LogP contribution in [0.3, 0.4) is 0 Å². The number of carbonyl (C=O) groups is 2. The monoisotopic (exact) mass is 333 g/mol. The topological polar surface area (TPSA) is 130 Å². The van der Waals surface area contributed by atoms with Crippen LogP contribution in [0.2, 0.25) is 0 Å². The van der Waals surface area contributed by atoms with Gasteiger partial charge in [0.1, 0.15) is 11.4 Å². The molecule has 2 rings (SSSR count). The number of rotatable bonds is 5. The molecule has 0 bridgehead atoms. The molecule has 0 atom stereocenters. The molecule has 0 saturated carbocycles. The minimum Gasteiger partial charge on any atom is -0.495 e. The van der Waals surface area contributed by atoms with Crippen LogP contribution in [0.1, 0.15) is 16.1 Å². The van der Waals surface area contributed by atoms with Gasteiger partial charge in [-0.3, -0.25) is 14.6 Å². The number of anilines is 1. The fraction of sp³-hybridized carbons (Fsp3) is 0.200. The van der Waals surface area contributed by atoms with Crippen LogP contribution in [0, 0.1) is 6.92 Å². The molecule has 126 valence electrons. The third-order valence-corrected chi connectivity index (χ3v) is 2.94. The molecule has 1 aromatic carbocycles. The smallest absolute Gasteiger partial charge is 0.355 e. The second kappa shape index (κ2) is 7.27. The number of nitrogens with one attached hydrogen (secondary N) is 3. The second-order valence-electron chi connectivity index (χ2n) is 4.83. The number of hydrogen-bond acceptors (Lipinski definition) is 6. The Hall–Kier alpha value is -3.36. The van der Waals surface area contributed by atoms with Gasteiger partial charge in [0.2, 0.25) is 0 Å². The van der Waals surface area contributed by atoms with E-state index in [1.807, 2.05) is 18.0 Å². The summed E-state index contributed by atoms with van der Waals surface area (Å²) in [6.07, 6.45) is 0. The van der Waals surface area contributed by atoms with Gasteiger partial charge in [-0.05, 0) is 24.6 Å². The van der Waals surface area contributed by atoms with Crippen LogP contribution in [-0.4, -0.2) is 35.6 Å². The van der Waals surface area contributed by atoms with E-state index in [9.17, 15) is 19.2 Å². The Labute approximate surface area is 135 Å². The molecule has 1 aromatic heterocycles. The van der Waals surface area contributed by atoms with Crippen molar-refractivity contribution in [2.24, 2.45) is 0 Å². The molecule has 9 nitrogen and oxygen atoms in total. The molecule has 9 heteroatoms. The van der Waals surface area contributed by atoms with Gasteiger partial charge in [0.15, 0.2) is 6.61 Å². The molecule has 0 aliphatic carbocycles. The maximum absolute atomic E-state index is 11.9. The fourth-order valence-electron chi connectivity index (χ4n) is 1.89. The second-order valence-corrected chi connectivity index (χ2v) is 4.83. The van der Waals surface area contributed by atoms with Gasteiger partial charge in [0, 0.05) is 6.07 Å². The summed E-state index contributed by atoms with van der Waals surface area (Å²) in [5.74, 6) is -1.14. The van der Waals surface area contributed by atoms with Crippen LogP contribution in [0.4, 0.5) is 5.69 Å². The molecule has 1 heterocycles. The summed E-state index contributed by atoms with van der Waals surface area (Å²) in [5, 5.41) is 2.55. The average Bonchev–Trinajstić information content (AvgIpc) is 2.52. The van der Waals surface area contributed by atoms with Crippen molar-refractivity contribution < 1.29 is 19.1 Å². The van der Waals surface area contributed by atoms with E-state index in [0.29, 0.717) is 11.4 Å². The molecular weight excluding hydrogens is 318 g/mol. The molecule has 3 N–H and O–H groups in total. The first-order valence-electron chi connectivity index (χ1n) is 6.84. The summed E-state index contributed by atoms with van der Waals surface area (Å²) >= 11 is 0. The molecule has 0 radical (unpaired) electrons. The van der Waals surface area contributed by atoms with Gasteiger partial charge < -0.3 is 19.8 Å². The van der Waals surface area contributed by atoms with E-state index >= 15 is 0 Å². The predicted octanol–water partition coefficient (Wildman–Crippen LogP) is 0.176. The van der Waals surface area contributed by atoms with Gasteiger partial charge in [-0.25, -0.2) is 9.59 Å². The summed E-state index contributed by atoms with van der Waals surface area (Å²) in [4.78, 5) is 49.8. The zero-order chi connectivity index (χ0) is 17.7. The van der Waals surface area contributed by atoms with Crippen molar-refractivity contribution >= 4 is 17.6 Å². The minimum absolute atomic E-state index is 0.343. The largest absolute Gasteiger partial charge is 0.495 e. The maximum atomic E-state index is 11.9. The van der Waals surface area contributed by atoms with Gasteiger partial charge >= 0.3 is 11.7 Å². The molecule has 0 spiro atoms. The third kappa shape index (κ3) is 4.32. The van der Waals surface area contributed by atoms with Gasteiger partial charge in [-0.2, -0.15) is 0 Å². The molecule has 0 aliphatic heterocycles. The highest BCUT2D eigenvalue weighted by Crippen LogP contribution is 2.24. The van der Waals surface area contributed by atoms with Crippen molar-refractivity contribution in [3.8, 4) is 5.75 Å². The number of H-pyrrole nitrogens is 2. The maximum Gasteiger partial charge on any atom is 0.355 e. The van der Waals surface area contributed by atoms with Crippen molar-refractivity contribution in [2.45, 2.75) is 6.92 Å². The summed E-state index contributed by atoms with van der Waals surface area (Å²) in [7, 11) is 1.46. The number of esters is 1. The summed E-state index contributed by atoms with van der Waals surface area (Å²) in [5.41, 5.74) is -0.597. The summed E-state index contributed by atoms with van der Waals surface area (Å²) in [6.45, 7) is 1.25. The van der Waals surface area contributed by atoms with E-state index in [-0.39, 0.29) is 5.69 Å². The van der Waals surface area contributed by atoms with Gasteiger partial charge in [-0.15, -0.1) is 0 Å². The number of ether oxygens (including phenoxy) is 2.